The minimum atomic E-state index is -0.278. The number of nitrogens with two attached hydrogens (primary N) is 1. The summed E-state index contributed by atoms with van der Waals surface area (Å²) in [5.74, 6) is 6.55. The highest BCUT2D eigenvalue weighted by atomic mass is 32.2. The number of nitrogen functional groups attached to an aromatic ring is 1. The number of hydrogen-bond acceptors (Lipinski definition) is 5. The van der Waals surface area contributed by atoms with E-state index in [0.717, 1.165) is 12.1 Å². The van der Waals surface area contributed by atoms with Crippen molar-refractivity contribution in [3.8, 4) is 0 Å². The Morgan fingerprint density at radius 2 is 2.14 bits per heavy atom. The van der Waals surface area contributed by atoms with Gasteiger partial charge in [-0.25, -0.2) is 4.68 Å². The quantitative estimate of drug-likeness (QED) is 0.689. The summed E-state index contributed by atoms with van der Waals surface area (Å²) in [7, 11) is 0. The van der Waals surface area contributed by atoms with Crippen LogP contribution in [-0.4, -0.2) is 32.1 Å². The Balaban J connectivity index is 1.80. The molecule has 0 bridgehead atoms. The van der Waals surface area contributed by atoms with Crippen molar-refractivity contribution in [3.05, 3.63) is 35.7 Å². The van der Waals surface area contributed by atoms with E-state index in [1.54, 1.807) is 6.92 Å². The average Bonchev–Trinajstić information content (AvgIpc) is 2.99. The molecule has 1 amide bonds. The lowest BCUT2D eigenvalue weighted by Gasteiger charge is -2.25. The molecule has 1 aromatic heterocycles. The number of carbonyl (C=O) groups excluding carboxylic acids is 1. The summed E-state index contributed by atoms with van der Waals surface area (Å²) in [5, 5.41) is 8.20. The molecule has 0 saturated heterocycles. The molecule has 0 spiro atoms. The highest BCUT2D eigenvalue weighted by molar-refractivity contribution is 8.00. The highest BCUT2D eigenvalue weighted by Gasteiger charge is 2.33. The van der Waals surface area contributed by atoms with Crippen LogP contribution in [0.1, 0.15) is 25.2 Å². The third-order valence-corrected chi connectivity index (χ3v) is 4.95. The first-order chi connectivity index (χ1) is 10.5. The first-order valence-corrected chi connectivity index (χ1v) is 8.11. The van der Waals surface area contributed by atoms with E-state index in [4.69, 9.17) is 5.84 Å². The van der Waals surface area contributed by atoms with E-state index in [1.807, 2.05) is 30.0 Å². The zero-order chi connectivity index (χ0) is 15.9. The molecule has 116 valence electrons. The number of para-hydroxylation sites is 1. The number of aromatic nitrogens is 3. The van der Waals surface area contributed by atoms with Crippen LogP contribution in [0.2, 0.25) is 0 Å². The van der Waals surface area contributed by atoms with Gasteiger partial charge < -0.3 is 10.7 Å². The third-order valence-electron chi connectivity index (χ3n) is 3.91. The standard InChI is InChI=1S/C15H19N5OS/c1-9-8-12-6-4-5-7-13(12)19(9)14(21)10(2)22-15-18-17-11(3)20(15)16/h4-7,9-10H,8,16H2,1-3H3/t9-,10-/m1/s1. The first kappa shape index (κ1) is 14.9. The van der Waals surface area contributed by atoms with E-state index in [1.165, 1.54) is 22.0 Å². The predicted octanol–water partition coefficient (Wildman–Crippen LogP) is 1.76. The maximum absolute atomic E-state index is 12.8. The number of thioether (sulfide) groups is 1. The normalized spacial score (nSPS) is 18.3. The average molecular weight is 317 g/mol. The van der Waals surface area contributed by atoms with Gasteiger partial charge >= 0.3 is 0 Å². The molecule has 0 radical (unpaired) electrons. The lowest BCUT2D eigenvalue weighted by atomic mass is 10.1. The predicted molar refractivity (Wildman–Crippen MR) is 87.3 cm³/mol. The lowest BCUT2D eigenvalue weighted by molar-refractivity contribution is -0.118. The number of anilines is 1. The second kappa shape index (κ2) is 5.64. The van der Waals surface area contributed by atoms with Crippen LogP contribution in [0.3, 0.4) is 0 Å². The fourth-order valence-corrected chi connectivity index (χ4v) is 3.60. The third kappa shape index (κ3) is 2.45. The molecule has 1 aliphatic rings. The molecule has 3 rings (SSSR count). The van der Waals surface area contributed by atoms with Crippen molar-refractivity contribution in [1.82, 2.24) is 14.9 Å². The number of carbonyl (C=O) groups is 1. The van der Waals surface area contributed by atoms with Gasteiger partial charge in [-0.05, 0) is 38.8 Å². The van der Waals surface area contributed by atoms with Gasteiger partial charge in [0.1, 0.15) is 5.82 Å². The molecule has 0 aliphatic carbocycles. The van der Waals surface area contributed by atoms with Crippen molar-refractivity contribution in [3.63, 3.8) is 0 Å². The van der Waals surface area contributed by atoms with Gasteiger partial charge in [-0.3, -0.25) is 4.79 Å². The number of hydrogen-bond donors (Lipinski definition) is 1. The van der Waals surface area contributed by atoms with Gasteiger partial charge in [-0.15, -0.1) is 10.2 Å². The Kier molecular flexibility index (Phi) is 3.82. The minimum Gasteiger partial charge on any atom is -0.336 e. The maximum Gasteiger partial charge on any atom is 0.240 e. The molecule has 0 fully saturated rings. The van der Waals surface area contributed by atoms with Crippen molar-refractivity contribution in [1.29, 1.82) is 0 Å². The van der Waals surface area contributed by atoms with Crippen LogP contribution >= 0.6 is 11.8 Å². The lowest BCUT2D eigenvalue weighted by Crippen LogP contribution is -2.40. The van der Waals surface area contributed by atoms with Crippen molar-refractivity contribution in [2.45, 2.75) is 43.6 Å². The summed E-state index contributed by atoms with van der Waals surface area (Å²) in [6.45, 7) is 5.73. The summed E-state index contributed by atoms with van der Waals surface area (Å²) in [4.78, 5) is 14.7. The van der Waals surface area contributed by atoms with Gasteiger partial charge in [0.05, 0.1) is 5.25 Å². The molecular weight excluding hydrogens is 298 g/mol. The van der Waals surface area contributed by atoms with Crippen LogP contribution in [0.15, 0.2) is 29.4 Å². The van der Waals surface area contributed by atoms with Gasteiger partial charge in [0.15, 0.2) is 0 Å². The SMILES string of the molecule is Cc1nnc(S[C@H](C)C(=O)N2c3ccccc3C[C@H]2C)n1N. The molecule has 2 aromatic rings. The van der Waals surface area contributed by atoms with Crippen LogP contribution in [-0.2, 0) is 11.2 Å². The fourth-order valence-electron chi connectivity index (χ4n) is 2.74. The first-order valence-electron chi connectivity index (χ1n) is 7.23. The second-order valence-electron chi connectivity index (χ2n) is 5.55. The molecule has 2 N–H and O–H groups in total. The van der Waals surface area contributed by atoms with Crippen molar-refractivity contribution >= 4 is 23.4 Å². The van der Waals surface area contributed by atoms with Crippen LogP contribution in [0.4, 0.5) is 5.69 Å². The molecule has 0 saturated carbocycles. The maximum atomic E-state index is 12.8. The number of amides is 1. The zero-order valence-electron chi connectivity index (χ0n) is 12.9. The molecule has 22 heavy (non-hydrogen) atoms. The topological polar surface area (TPSA) is 77.0 Å². The van der Waals surface area contributed by atoms with Crippen molar-refractivity contribution < 1.29 is 4.79 Å². The van der Waals surface area contributed by atoms with Gasteiger partial charge in [0, 0.05) is 11.7 Å². The van der Waals surface area contributed by atoms with Crippen molar-refractivity contribution in [2.75, 3.05) is 10.7 Å². The van der Waals surface area contributed by atoms with E-state index in [-0.39, 0.29) is 17.2 Å². The molecule has 2 atom stereocenters. The van der Waals surface area contributed by atoms with E-state index in [0.29, 0.717) is 11.0 Å². The Morgan fingerprint density at radius 1 is 1.41 bits per heavy atom. The minimum absolute atomic E-state index is 0.0723. The van der Waals surface area contributed by atoms with Gasteiger partial charge in [-0.2, -0.15) is 0 Å². The van der Waals surface area contributed by atoms with E-state index < -0.39 is 0 Å². The highest BCUT2D eigenvalue weighted by Crippen LogP contribution is 2.34. The van der Waals surface area contributed by atoms with Crippen LogP contribution in [0, 0.1) is 6.92 Å². The summed E-state index contributed by atoms with van der Waals surface area (Å²) >= 11 is 1.34. The van der Waals surface area contributed by atoms with Gasteiger partial charge in [-0.1, -0.05) is 30.0 Å². The summed E-state index contributed by atoms with van der Waals surface area (Å²) in [6.07, 6.45) is 0.894. The molecule has 2 heterocycles. The second-order valence-corrected chi connectivity index (χ2v) is 6.86. The van der Waals surface area contributed by atoms with E-state index in [9.17, 15) is 4.79 Å². The zero-order valence-corrected chi connectivity index (χ0v) is 13.7. The Labute approximate surface area is 133 Å². The molecule has 1 aromatic carbocycles. The summed E-state index contributed by atoms with van der Waals surface area (Å²) in [6, 6.07) is 8.23. The summed E-state index contributed by atoms with van der Waals surface area (Å²) < 4.78 is 1.41. The number of benzene rings is 1. The fraction of sp³-hybridized carbons (Fsp3) is 0.400. The van der Waals surface area contributed by atoms with Crippen LogP contribution in [0.25, 0.3) is 0 Å². The van der Waals surface area contributed by atoms with Crippen LogP contribution < -0.4 is 10.7 Å². The van der Waals surface area contributed by atoms with E-state index >= 15 is 0 Å². The monoisotopic (exact) mass is 317 g/mol. The molecule has 6 nitrogen and oxygen atoms in total. The Morgan fingerprint density at radius 3 is 2.82 bits per heavy atom. The van der Waals surface area contributed by atoms with Gasteiger partial charge in [0.2, 0.25) is 11.1 Å². The molecule has 1 aliphatic heterocycles. The Bertz CT molecular complexity index is 714. The van der Waals surface area contributed by atoms with E-state index in [2.05, 4.69) is 23.2 Å². The molecule has 0 unspecified atom stereocenters. The molecular formula is C15H19N5OS. The smallest absolute Gasteiger partial charge is 0.240 e. The number of nitrogens with zero attached hydrogens (tertiary/aromatic N) is 4. The number of fused-ring (bicyclic) bond motifs is 1. The summed E-state index contributed by atoms with van der Waals surface area (Å²) in [5.41, 5.74) is 2.23. The number of aryl methyl sites for hydroxylation is 1. The number of rotatable bonds is 3. The van der Waals surface area contributed by atoms with Gasteiger partial charge in [0.25, 0.3) is 0 Å². The largest absolute Gasteiger partial charge is 0.336 e. The molecule has 7 heteroatoms. The van der Waals surface area contributed by atoms with Crippen LogP contribution in [0.5, 0.6) is 0 Å². The van der Waals surface area contributed by atoms with Crippen molar-refractivity contribution in [2.24, 2.45) is 0 Å². The Hall–Kier alpha value is -2.02.